The van der Waals surface area contributed by atoms with E-state index < -0.39 is 22.5 Å². The maximum Gasteiger partial charge on any atom is 0.264 e. The first kappa shape index (κ1) is 24.6. The summed E-state index contributed by atoms with van der Waals surface area (Å²) in [6.07, 6.45) is 0. The van der Waals surface area contributed by atoms with E-state index >= 15 is 0 Å². The Kier molecular flexibility index (Phi) is 7.75. The molecule has 3 aromatic carbocycles. The third-order valence-corrected chi connectivity index (χ3v) is 6.51. The number of ether oxygens (including phenoxy) is 2. The fourth-order valence-corrected chi connectivity index (χ4v) is 4.66. The number of nitrogens with one attached hydrogen (secondary N) is 2. The first-order valence-corrected chi connectivity index (χ1v) is 11.7. The summed E-state index contributed by atoms with van der Waals surface area (Å²) in [6.45, 7) is 0.896. The van der Waals surface area contributed by atoms with Gasteiger partial charge in [-0.25, -0.2) is 8.42 Å². The number of para-hydroxylation sites is 1. The van der Waals surface area contributed by atoms with Gasteiger partial charge in [0.25, 0.3) is 10.0 Å². The van der Waals surface area contributed by atoms with Crippen LogP contribution in [0, 0.1) is 0 Å². The molecule has 0 aromatic heterocycles. The van der Waals surface area contributed by atoms with Crippen LogP contribution < -0.4 is 24.4 Å². The van der Waals surface area contributed by atoms with Gasteiger partial charge in [-0.15, -0.1) is 0 Å². The van der Waals surface area contributed by atoms with Gasteiger partial charge in [0.2, 0.25) is 11.8 Å². The van der Waals surface area contributed by atoms with Gasteiger partial charge in [-0.3, -0.25) is 13.9 Å². The minimum atomic E-state index is -4.14. The zero-order valence-corrected chi connectivity index (χ0v) is 19.8. The molecular weight excluding hydrogens is 458 g/mol. The number of anilines is 3. The van der Waals surface area contributed by atoms with Crippen molar-refractivity contribution >= 4 is 38.9 Å². The van der Waals surface area contributed by atoms with Crippen molar-refractivity contribution in [1.82, 2.24) is 0 Å². The average molecular weight is 484 g/mol. The lowest BCUT2D eigenvalue weighted by atomic mass is 10.2. The van der Waals surface area contributed by atoms with Gasteiger partial charge in [0.1, 0.15) is 6.54 Å². The van der Waals surface area contributed by atoms with Gasteiger partial charge in [0.05, 0.1) is 24.8 Å². The van der Waals surface area contributed by atoms with Gasteiger partial charge in [-0.1, -0.05) is 24.3 Å². The summed E-state index contributed by atoms with van der Waals surface area (Å²) in [5.41, 5.74) is 1.23. The molecule has 0 fully saturated rings. The predicted octanol–water partition coefficient (Wildman–Crippen LogP) is 3.50. The molecular formula is C24H25N3O6S. The van der Waals surface area contributed by atoms with Crippen LogP contribution in [0.15, 0.2) is 77.7 Å². The standard InChI is InChI=1S/C24H25N3O6S/c1-17(28)25-18-8-7-9-19(14-18)26-24(29)16-27(20-10-5-4-6-11-20)34(30,31)21-12-13-22(32-2)23(15-21)33-3/h4-15H,16H2,1-3H3,(H,25,28)(H,26,29). The Hall–Kier alpha value is -4.05. The summed E-state index contributed by atoms with van der Waals surface area (Å²) < 4.78 is 38.6. The molecule has 3 rings (SSSR count). The molecule has 34 heavy (non-hydrogen) atoms. The first-order valence-electron chi connectivity index (χ1n) is 10.2. The second kappa shape index (κ2) is 10.7. The molecule has 0 aliphatic heterocycles. The predicted molar refractivity (Wildman–Crippen MR) is 130 cm³/mol. The number of sulfonamides is 1. The quantitative estimate of drug-likeness (QED) is 0.482. The molecule has 0 heterocycles. The fraction of sp³-hybridized carbons (Fsp3) is 0.167. The topological polar surface area (TPSA) is 114 Å². The second-order valence-corrected chi connectivity index (χ2v) is 9.04. The first-order chi connectivity index (χ1) is 16.2. The monoisotopic (exact) mass is 483 g/mol. The molecule has 0 atom stereocenters. The number of hydrogen-bond donors (Lipinski definition) is 2. The highest BCUT2D eigenvalue weighted by Crippen LogP contribution is 2.32. The molecule has 3 aromatic rings. The second-order valence-electron chi connectivity index (χ2n) is 7.17. The maximum atomic E-state index is 13.6. The molecule has 0 saturated carbocycles. The lowest BCUT2D eigenvalue weighted by molar-refractivity contribution is -0.115. The number of amides is 2. The van der Waals surface area contributed by atoms with Crippen LogP contribution in [-0.4, -0.2) is 41.0 Å². The third kappa shape index (κ3) is 5.84. The van der Waals surface area contributed by atoms with E-state index in [9.17, 15) is 18.0 Å². The highest BCUT2D eigenvalue weighted by Gasteiger charge is 2.28. The number of nitrogens with zero attached hydrogens (tertiary/aromatic N) is 1. The Bertz CT molecular complexity index is 1280. The average Bonchev–Trinajstić information content (AvgIpc) is 2.82. The summed E-state index contributed by atoms with van der Waals surface area (Å²) in [6, 6.07) is 19.1. The van der Waals surface area contributed by atoms with Crippen LogP contribution in [-0.2, 0) is 19.6 Å². The zero-order chi connectivity index (χ0) is 24.7. The van der Waals surface area contributed by atoms with Crippen LogP contribution in [0.4, 0.5) is 17.1 Å². The Morgan fingerprint density at radius 2 is 1.47 bits per heavy atom. The van der Waals surface area contributed by atoms with E-state index in [0.29, 0.717) is 22.8 Å². The maximum absolute atomic E-state index is 13.6. The van der Waals surface area contributed by atoms with Gasteiger partial charge in [-0.2, -0.15) is 0 Å². The van der Waals surface area contributed by atoms with E-state index in [-0.39, 0.29) is 16.6 Å². The molecule has 0 radical (unpaired) electrons. The van der Waals surface area contributed by atoms with Crippen molar-refractivity contribution in [3.63, 3.8) is 0 Å². The summed E-state index contributed by atoms with van der Waals surface area (Å²) in [4.78, 5) is 24.1. The molecule has 9 nitrogen and oxygen atoms in total. The molecule has 0 spiro atoms. The van der Waals surface area contributed by atoms with E-state index in [1.165, 1.54) is 39.3 Å². The molecule has 2 N–H and O–H groups in total. The number of hydrogen-bond acceptors (Lipinski definition) is 6. The van der Waals surface area contributed by atoms with Gasteiger partial charge in [0.15, 0.2) is 11.5 Å². The number of methoxy groups -OCH3 is 2. The van der Waals surface area contributed by atoms with Crippen molar-refractivity contribution < 1.29 is 27.5 Å². The van der Waals surface area contributed by atoms with E-state index in [1.54, 1.807) is 54.6 Å². The minimum absolute atomic E-state index is 0.0607. The van der Waals surface area contributed by atoms with E-state index in [0.717, 1.165) is 4.31 Å². The Morgan fingerprint density at radius 1 is 0.824 bits per heavy atom. The van der Waals surface area contributed by atoms with Crippen molar-refractivity contribution in [3.8, 4) is 11.5 Å². The number of benzene rings is 3. The fourth-order valence-electron chi connectivity index (χ4n) is 3.22. The molecule has 178 valence electrons. The van der Waals surface area contributed by atoms with Crippen LogP contribution in [0.1, 0.15) is 6.92 Å². The van der Waals surface area contributed by atoms with Crippen LogP contribution in [0.3, 0.4) is 0 Å². The van der Waals surface area contributed by atoms with Crippen molar-refractivity contribution in [1.29, 1.82) is 0 Å². The summed E-state index contributed by atoms with van der Waals surface area (Å²) in [7, 11) is -1.28. The SMILES string of the molecule is COc1ccc(S(=O)(=O)N(CC(=O)Nc2cccc(NC(C)=O)c2)c2ccccc2)cc1OC. The van der Waals surface area contributed by atoms with Crippen molar-refractivity contribution in [3.05, 3.63) is 72.8 Å². The molecule has 0 aliphatic rings. The van der Waals surface area contributed by atoms with Crippen LogP contribution in [0.25, 0.3) is 0 Å². The molecule has 10 heteroatoms. The highest BCUT2D eigenvalue weighted by atomic mass is 32.2. The Morgan fingerprint density at radius 3 is 2.09 bits per heavy atom. The minimum Gasteiger partial charge on any atom is -0.493 e. The summed E-state index contributed by atoms with van der Waals surface area (Å²) in [5, 5.41) is 5.31. The molecule has 0 aliphatic carbocycles. The van der Waals surface area contributed by atoms with E-state index in [1.807, 2.05) is 0 Å². The van der Waals surface area contributed by atoms with E-state index in [4.69, 9.17) is 9.47 Å². The van der Waals surface area contributed by atoms with Gasteiger partial charge in [0, 0.05) is 24.4 Å². The van der Waals surface area contributed by atoms with Crippen LogP contribution in [0.2, 0.25) is 0 Å². The Balaban J connectivity index is 1.92. The van der Waals surface area contributed by atoms with Gasteiger partial charge >= 0.3 is 0 Å². The normalized spacial score (nSPS) is 10.8. The van der Waals surface area contributed by atoms with Crippen molar-refractivity contribution in [2.24, 2.45) is 0 Å². The molecule has 0 bridgehead atoms. The van der Waals surface area contributed by atoms with Gasteiger partial charge < -0.3 is 20.1 Å². The lowest BCUT2D eigenvalue weighted by Gasteiger charge is -2.24. The van der Waals surface area contributed by atoms with Crippen LogP contribution >= 0.6 is 0 Å². The Labute approximate surface area is 198 Å². The smallest absolute Gasteiger partial charge is 0.264 e. The summed E-state index contributed by atoms with van der Waals surface area (Å²) in [5.74, 6) is -0.187. The number of carbonyl (C=O) groups excluding carboxylic acids is 2. The van der Waals surface area contributed by atoms with Crippen molar-refractivity contribution in [2.45, 2.75) is 11.8 Å². The third-order valence-electron chi connectivity index (χ3n) is 4.74. The molecule has 0 saturated heterocycles. The molecule has 2 amide bonds. The highest BCUT2D eigenvalue weighted by molar-refractivity contribution is 7.92. The van der Waals surface area contributed by atoms with Crippen LogP contribution in [0.5, 0.6) is 11.5 Å². The zero-order valence-electron chi connectivity index (χ0n) is 18.9. The van der Waals surface area contributed by atoms with Gasteiger partial charge in [-0.05, 0) is 42.5 Å². The lowest BCUT2D eigenvalue weighted by Crippen LogP contribution is -2.38. The van der Waals surface area contributed by atoms with E-state index in [2.05, 4.69) is 10.6 Å². The van der Waals surface area contributed by atoms with Crippen molar-refractivity contribution in [2.75, 3.05) is 35.7 Å². The number of carbonyl (C=O) groups is 2. The summed E-state index contributed by atoms with van der Waals surface area (Å²) >= 11 is 0. The number of rotatable bonds is 9. The molecule has 0 unspecified atom stereocenters. The largest absolute Gasteiger partial charge is 0.493 e.